The summed E-state index contributed by atoms with van der Waals surface area (Å²) < 4.78 is 5.43. The van der Waals surface area contributed by atoms with Crippen LogP contribution >= 0.6 is 0 Å². The molecule has 0 aromatic carbocycles. The van der Waals surface area contributed by atoms with Crippen LogP contribution in [-0.4, -0.2) is 36.7 Å². The molecular formula is C16H31NO. The monoisotopic (exact) mass is 253 g/mol. The van der Waals surface area contributed by atoms with E-state index in [4.69, 9.17) is 4.74 Å². The highest BCUT2D eigenvalue weighted by Gasteiger charge is 2.43. The summed E-state index contributed by atoms with van der Waals surface area (Å²) in [6.45, 7) is 17.5. The van der Waals surface area contributed by atoms with Crippen LogP contribution in [0.4, 0.5) is 0 Å². The Morgan fingerprint density at radius 3 is 1.89 bits per heavy atom. The van der Waals surface area contributed by atoms with Gasteiger partial charge in [-0.05, 0) is 29.6 Å². The van der Waals surface area contributed by atoms with E-state index in [0.29, 0.717) is 16.9 Å². The lowest BCUT2D eigenvalue weighted by Crippen LogP contribution is -2.61. The SMILES string of the molecule is CC(C)(C)C1CCC(C(C)(C)C)N(C2COC2)C1. The van der Waals surface area contributed by atoms with Crippen LogP contribution in [0.1, 0.15) is 54.4 Å². The van der Waals surface area contributed by atoms with Gasteiger partial charge in [0.1, 0.15) is 0 Å². The van der Waals surface area contributed by atoms with Crippen LogP contribution in [0, 0.1) is 16.7 Å². The van der Waals surface area contributed by atoms with Gasteiger partial charge in [-0.25, -0.2) is 0 Å². The van der Waals surface area contributed by atoms with Crippen molar-refractivity contribution < 1.29 is 4.74 Å². The number of likely N-dealkylation sites (tertiary alicyclic amines) is 1. The van der Waals surface area contributed by atoms with E-state index in [9.17, 15) is 0 Å². The zero-order valence-electron chi connectivity index (χ0n) is 13.1. The van der Waals surface area contributed by atoms with Crippen LogP contribution in [0.25, 0.3) is 0 Å². The molecule has 0 aromatic heterocycles. The Morgan fingerprint density at radius 2 is 1.50 bits per heavy atom. The molecule has 0 N–H and O–H groups in total. The van der Waals surface area contributed by atoms with E-state index in [1.165, 1.54) is 19.4 Å². The van der Waals surface area contributed by atoms with Crippen molar-refractivity contribution in [3.63, 3.8) is 0 Å². The smallest absolute Gasteiger partial charge is 0.0645 e. The third kappa shape index (κ3) is 2.91. The van der Waals surface area contributed by atoms with E-state index >= 15 is 0 Å². The maximum atomic E-state index is 5.43. The number of ether oxygens (including phenoxy) is 1. The van der Waals surface area contributed by atoms with Gasteiger partial charge in [0.15, 0.2) is 0 Å². The van der Waals surface area contributed by atoms with Crippen LogP contribution in [-0.2, 0) is 4.74 Å². The summed E-state index contributed by atoms with van der Waals surface area (Å²) in [5, 5.41) is 0. The van der Waals surface area contributed by atoms with E-state index < -0.39 is 0 Å². The molecule has 2 fully saturated rings. The molecule has 106 valence electrons. The fourth-order valence-electron chi connectivity index (χ4n) is 3.45. The quantitative estimate of drug-likeness (QED) is 0.708. The third-order valence-electron chi connectivity index (χ3n) is 4.93. The van der Waals surface area contributed by atoms with Crippen molar-refractivity contribution in [3.8, 4) is 0 Å². The molecule has 2 nitrogen and oxygen atoms in total. The maximum Gasteiger partial charge on any atom is 0.0645 e. The predicted molar refractivity (Wildman–Crippen MR) is 76.7 cm³/mol. The van der Waals surface area contributed by atoms with Gasteiger partial charge in [-0.1, -0.05) is 41.5 Å². The molecule has 0 saturated carbocycles. The lowest BCUT2D eigenvalue weighted by atomic mass is 9.70. The summed E-state index contributed by atoms with van der Waals surface area (Å²) in [4.78, 5) is 2.77. The summed E-state index contributed by atoms with van der Waals surface area (Å²) in [6, 6.07) is 1.41. The predicted octanol–water partition coefficient (Wildman–Crippen LogP) is 3.56. The molecule has 2 saturated heterocycles. The fourth-order valence-corrected chi connectivity index (χ4v) is 3.45. The molecule has 2 unspecified atom stereocenters. The van der Waals surface area contributed by atoms with E-state index in [1.54, 1.807) is 0 Å². The van der Waals surface area contributed by atoms with Crippen LogP contribution < -0.4 is 0 Å². The van der Waals surface area contributed by atoms with Gasteiger partial charge in [0.2, 0.25) is 0 Å². The summed E-state index contributed by atoms with van der Waals surface area (Å²) in [6.07, 6.45) is 2.73. The third-order valence-corrected chi connectivity index (χ3v) is 4.93. The van der Waals surface area contributed by atoms with Gasteiger partial charge in [-0.3, -0.25) is 4.90 Å². The van der Waals surface area contributed by atoms with Crippen LogP contribution in [0.15, 0.2) is 0 Å². The molecule has 2 heteroatoms. The van der Waals surface area contributed by atoms with Crippen molar-refractivity contribution in [2.45, 2.75) is 66.5 Å². The first kappa shape index (κ1) is 14.3. The first-order valence-electron chi connectivity index (χ1n) is 7.53. The highest BCUT2D eigenvalue weighted by Crippen LogP contribution is 2.41. The standard InChI is InChI=1S/C16H31NO/c1-15(2,3)12-7-8-14(16(4,5)6)17(9-12)13-10-18-11-13/h12-14H,7-11H2,1-6H3. The van der Waals surface area contributed by atoms with Crippen LogP contribution in [0.5, 0.6) is 0 Å². The minimum absolute atomic E-state index is 0.387. The highest BCUT2D eigenvalue weighted by atomic mass is 16.5. The van der Waals surface area contributed by atoms with Crippen molar-refractivity contribution in [2.75, 3.05) is 19.8 Å². The van der Waals surface area contributed by atoms with Crippen molar-refractivity contribution >= 4 is 0 Å². The molecule has 0 amide bonds. The van der Waals surface area contributed by atoms with Crippen LogP contribution in [0.2, 0.25) is 0 Å². The highest BCUT2D eigenvalue weighted by molar-refractivity contribution is 4.96. The lowest BCUT2D eigenvalue weighted by Gasteiger charge is -2.53. The summed E-state index contributed by atoms with van der Waals surface area (Å²) >= 11 is 0. The second kappa shape index (κ2) is 4.79. The largest absolute Gasteiger partial charge is 0.378 e. The Labute approximate surface area is 113 Å². The Balaban J connectivity index is 2.10. The first-order chi connectivity index (χ1) is 8.19. The minimum Gasteiger partial charge on any atom is -0.378 e. The van der Waals surface area contributed by atoms with Gasteiger partial charge in [-0.2, -0.15) is 0 Å². The second-order valence-corrected chi connectivity index (χ2v) is 8.41. The molecule has 2 atom stereocenters. The molecule has 0 aliphatic carbocycles. The zero-order chi connectivity index (χ0) is 13.6. The van der Waals surface area contributed by atoms with E-state index in [2.05, 4.69) is 46.4 Å². The fraction of sp³-hybridized carbons (Fsp3) is 1.00. The molecule has 2 aliphatic rings. The molecule has 0 spiro atoms. The van der Waals surface area contributed by atoms with Crippen molar-refractivity contribution in [1.82, 2.24) is 4.90 Å². The topological polar surface area (TPSA) is 12.5 Å². The van der Waals surface area contributed by atoms with Gasteiger partial charge >= 0.3 is 0 Å². The molecule has 2 heterocycles. The first-order valence-corrected chi connectivity index (χ1v) is 7.53. The molecule has 0 aromatic rings. The van der Waals surface area contributed by atoms with Gasteiger partial charge < -0.3 is 4.74 Å². The summed E-state index contributed by atoms with van der Waals surface area (Å²) in [5.41, 5.74) is 0.824. The molecular weight excluding hydrogens is 222 g/mol. The zero-order valence-corrected chi connectivity index (χ0v) is 13.1. The Bertz CT molecular complexity index is 282. The van der Waals surface area contributed by atoms with Gasteiger partial charge in [0.05, 0.1) is 19.3 Å². The van der Waals surface area contributed by atoms with E-state index in [0.717, 1.165) is 25.2 Å². The molecule has 18 heavy (non-hydrogen) atoms. The molecule has 2 aliphatic heterocycles. The van der Waals surface area contributed by atoms with Crippen LogP contribution in [0.3, 0.4) is 0 Å². The molecule has 0 radical (unpaired) electrons. The molecule has 2 rings (SSSR count). The number of nitrogens with zero attached hydrogens (tertiary/aromatic N) is 1. The number of hydrogen-bond donors (Lipinski definition) is 0. The number of hydrogen-bond acceptors (Lipinski definition) is 2. The molecule has 0 bridgehead atoms. The van der Waals surface area contributed by atoms with E-state index in [-0.39, 0.29) is 0 Å². The Morgan fingerprint density at radius 1 is 0.889 bits per heavy atom. The average Bonchev–Trinajstić information content (AvgIpc) is 2.11. The Kier molecular flexibility index (Phi) is 3.81. The normalized spacial score (nSPS) is 32.3. The van der Waals surface area contributed by atoms with Gasteiger partial charge in [0, 0.05) is 12.6 Å². The lowest BCUT2D eigenvalue weighted by molar-refractivity contribution is -0.120. The van der Waals surface area contributed by atoms with Crippen molar-refractivity contribution in [2.24, 2.45) is 16.7 Å². The number of piperidine rings is 1. The maximum absolute atomic E-state index is 5.43. The summed E-state index contributed by atoms with van der Waals surface area (Å²) in [7, 11) is 0. The number of rotatable bonds is 1. The second-order valence-electron chi connectivity index (χ2n) is 8.41. The van der Waals surface area contributed by atoms with Crippen molar-refractivity contribution in [1.29, 1.82) is 0 Å². The van der Waals surface area contributed by atoms with Crippen molar-refractivity contribution in [3.05, 3.63) is 0 Å². The average molecular weight is 253 g/mol. The van der Waals surface area contributed by atoms with Gasteiger partial charge in [-0.15, -0.1) is 0 Å². The van der Waals surface area contributed by atoms with E-state index in [1.807, 2.05) is 0 Å². The summed E-state index contributed by atoms with van der Waals surface area (Å²) in [5.74, 6) is 0.830. The van der Waals surface area contributed by atoms with Gasteiger partial charge in [0.25, 0.3) is 0 Å². The Hall–Kier alpha value is -0.0800. The minimum atomic E-state index is 0.387.